The zero-order valence-electron chi connectivity index (χ0n) is 25.5. The predicted octanol–water partition coefficient (Wildman–Crippen LogP) is 5.36. The van der Waals surface area contributed by atoms with Crippen LogP contribution in [0.2, 0.25) is 0 Å². The van der Waals surface area contributed by atoms with Gasteiger partial charge in [-0.15, -0.1) is 0 Å². The highest BCUT2D eigenvalue weighted by Gasteiger charge is 2.32. The van der Waals surface area contributed by atoms with E-state index in [4.69, 9.17) is 14.2 Å². The molecular weight excluding hydrogens is 545 g/mol. The van der Waals surface area contributed by atoms with E-state index in [0.717, 1.165) is 0 Å². The highest BCUT2D eigenvalue weighted by atomic mass is 19.1. The van der Waals surface area contributed by atoms with Crippen molar-refractivity contribution in [2.45, 2.75) is 78.6 Å². The Labute approximate surface area is 245 Å². The molecule has 4 rings (SSSR count). The van der Waals surface area contributed by atoms with Crippen LogP contribution in [0.1, 0.15) is 64.9 Å². The maximum Gasteiger partial charge on any atom is 0.414 e. The molecule has 2 aliphatic heterocycles. The van der Waals surface area contributed by atoms with Crippen LogP contribution in [0.5, 0.6) is 5.75 Å². The summed E-state index contributed by atoms with van der Waals surface area (Å²) in [7, 11) is 1.58. The fourth-order valence-corrected chi connectivity index (χ4v) is 4.64. The summed E-state index contributed by atoms with van der Waals surface area (Å²) < 4.78 is 33.0. The van der Waals surface area contributed by atoms with Crippen molar-refractivity contribution < 1.29 is 33.3 Å². The van der Waals surface area contributed by atoms with Gasteiger partial charge in [0, 0.05) is 38.2 Å². The number of nitrogens with one attached hydrogen (secondary N) is 1. The Morgan fingerprint density at radius 1 is 1.14 bits per heavy atom. The number of aryl methyl sites for hydroxylation is 1. The lowest BCUT2D eigenvalue weighted by Gasteiger charge is -2.26. The van der Waals surface area contributed by atoms with Crippen molar-refractivity contribution in [2.24, 2.45) is 0 Å². The van der Waals surface area contributed by atoms with Gasteiger partial charge in [0.25, 0.3) is 0 Å². The first-order chi connectivity index (χ1) is 19.5. The Balaban J connectivity index is 1.67. The average Bonchev–Trinajstić information content (AvgIpc) is 3.22. The molecule has 2 aromatic rings. The molecule has 42 heavy (non-hydrogen) atoms. The molecule has 2 N–H and O–H groups in total. The Morgan fingerprint density at radius 3 is 2.50 bits per heavy atom. The number of nitrogens with zero attached hydrogens (tertiary/aromatic N) is 4. The molecule has 0 saturated heterocycles. The van der Waals surface area contributed by atoms with Crippen molar-refractivity contribution in [2.75, 3.05) is 37.0 Å². The number of amides is 2. The van der Waals surface area contributed by atoms with Crippen LogP contribution in [0.25, 0.3) is 5.57 Å². The van der Waals surface area contributed by atoms with Crippen molar-refractivity contribution in [3.8, 4) is 5.75 Å². The van der Waals surface area contributed by atoms with Crippen molar-refractivity contribution in [3.63, 3.8) is 0 Å². The topological polar surface area (TPSA) is 126 Å². The van der Waals surface area contributed by atoms with Crippen LogP contribution in [0.4, 0.5) is 31.3 Å². The lowest BCUT2D eigenvalue weighted by molar-refractivity contribution is 0.0186. The smallest absolute Gasteiger partial charge is 0.414 e. The van der Waals surface area contributed by atoms with E-state index in [1.54, 1.807) is 73.7 Å². The van der Waals surface area contributed by atoms with Gasteiger partial charge in [-0.25, -0.2) is 23.9 Å². The summed E-state index contributed by atoms with van der Waals surface area (Å²) >= 11 is 0. The minimum Gasteiger partial charge on any atom is -0.491 e. The number of carbonyl (C=O) groups excluding carboxylic acids is 2. The minimum absolute atomic E-state index is 0.0386. The number of β-amino-alcohol motifs (C(OH)–C–C–N with tert-alkyl or cyclic N) is 1. The molecule has 12 heteroatoms. The van der Waals surface area contributed by atoms with E-state index < -0.39 is 35.3 Å². The molecule has 2 aromatic heterocycles. The van der Waals surface area contributed by atoms with E-state index >= 15 is 4.39 Å². The molecule has 2 amide bonds. The second-order valence-corrected chi connectivity index (χ2v) is 12.5. The highest BCUT2D eigenvalue weighted by molar-refractivity contribution is 5.88. The zero-order chi connectivity index (χ0) is 31.0. The van der Waals surface area contributed by atoms with Crippen LogP contribution in [0.15, 0.2) is 18.2 Å². The molecule has 0 bridgehead atoms. The van der Waals surface area contributed by atoms with E-state index in [9.17, 15) is 14.7 Å². The van der Waals surface area contributed by atoms with Crippen LogP contribution in [-0.4, -0.2) is 76.2 Å². The summed E-state index contributed by atoms with van der Waals surface area (Å²) in [6.07, 6.45) is 0.240. The quantitative estimate of drug-likeness (QED) is 0.488. The molecule has 1 atom stereocenters. The molecule has 2 aliphatic rings. The van der Waals surface area contributed by atoms with Crippen LogP contribution < -0.4 is 15.0 Å². The van der Waals surface area contributed by atoms with Crippen molar-refractivity contribution in [1.82, 2.24) is 14.9 Å². The van der Waals surface area contributed by atoms with Gasteiger partial charge < -0.3 is 29.5 Å². The number of aliphatic hydroxyl groups excluding tert-OH is 1. The SMILES string of the molecule is Cc1cc(N(C)C(=O)OC(C)(C)C)cc(Nc2nc3c(c(C4=CCN(C(=O)OC(C)(C)C)CC(O)C4)c2F)OCC3)n1. The standard InChI is InChI=1S/C30H40FN5O6/c1-17-13-19(35(8)27(38)41-29(2,3)4)15-22(32-17)34-26-24(31)23(25-21(33-26)10-12-40-25)18-9-11-36(16-20(37)14-18)28(39)42-30(5,6)7/h9,13,15,20,37H,10-12,14,16H2,1-8H3,(H,32,33,34). The van der Waals surface area contributed by atoms with E-state index in [-0.39, 0.29) is 36.7 Å². The number of carbonyl (C=O) groups is 2. The molecule has 0 aliphatic carbocycles. The number of anilines is 3. The number of hydrogen-bond acceptors (Lipinski definition) is 9. The van der Waals surface area contributed by atoms with E-state index in [0.29, 0.717) is 41.4 Å². The molecule has 0 aromatic carbocycles. The van der Waals surface area contributed by atoms with Gasteiger partial charge in [0.1, 0.15) is 17.0 Å². The third-order valence-corrected chi connectivity index (χ3v) is 6.41. The summed E-state index contributed by atoms with van der Waals surface area (Å²) in [5, 5.41) is 13.8. The van der Waals surface area contributed by atoms with Gasteiger partial charge in [-0.3, -0.25) is 4.90 Å². The van der Waals surface area contributed by atoms with Crippen LogP contribution in [0, 0.1) is 12.7 Å². The van der Waals surface area contributed by atoms with Crippen LogP contribution >= 0.6 is 0 Å². The second kappa shape index (κ2) is 11.7. The fraction of sp³-hybridized carbons (Fsp3) is 0.533. The van der Waals surface area contributed by atoms with Gasteiger partial charge in [0.15, 0.2) is 17.4 Å². The predicted molar refractivity (Wildman–Crippen MR) is 157 cm³/mol. The monoisotopic (exact) mass is 585 g/mol. The zero-order valence-corrected chi connectivity index (χ0v) is 25.5. The number of aromatic nitrogens is 2. The number of fused-ring (bicyclic) bond motifs is 1. The molecule has 0 fully saturated rings. The van der Waals surface area contributed by atoms with Crippen LogP contribution in [-0.2, 0) is 15.9 Å². The lowest BCUT2D eigenvalue weighted by Crippen LogP contribution is -2.40. The van der Waals surface area contributed by atoms with Gasteiger partial charge in [0.2, 0.25) is 0 Å². The number of pyridine rings is 2. The number of aliphatic hydroxyl groups is 1. The molecule has 1 unspecified atom stereocenters. The lowest BCUT2D eigenvalue weighted by atomic mass is 9.98. The van der Waals surface area contributed by atoms with Gasteiger partial charge in [0.05, 0.1) is 36.2 Å². The first-order valence-electron chi connectivity index (χ1n) is 13.9. The normalized spacial score (nSPS) is 17.0. The van der Waals surface area contributed by atoms with Gasteiger partial charge in [-0.05, 0) is 60.1 Å². The summed E-state index contributed by atoms with van der Waals surface area (Å²) in [5.41, 5.74) is 0.971. The number of rotatable bonds is 4. The summed E-state index contributed by atoms with van der Waals surface area (Å²) in [4.78, 5) is 37.0. The Bertz CT molecular complexity index is 1400. The first-order valence-corrected chi connectivity index (χ1v) is 13.9. The Hall–Kier alpha value is -3.93. The summed E-state index contributed by atoms with van der Waals surface area (Å²) in [6, 6.07) is 3.32. The highest BCUT2D eigenvalue weighted by Crippen LogP contribution is 2.40. The largest absolute Gasteiger partial charge is 0.491 e. The molecular formula is C30H40FN5O6. The fourth-order valence-electron chi connectivity index (χ4n) is 4.64. The second-order valence-electron chi connectivity index (χ2n) is 12.5. The molecule has 0 radical (unpaired) electrons. The van der Waals surface area contributed by atoms with Crippen molar-refractivity contribution in [1.29, 1.82) is 0 Å². The average molecular weight is 586 g/mol. The van der Waals surface area contributed by atoms with Crippen LogP contribution in [0.3, 0.4) is 0 Å². The molecule has 0 saturated carbocycles. The van der Waals surface area contributed by atoms with E-state index in [2.05, 4.69) is 15.3 Å². The molecule has 228 valence electrons. The number of halogens is 1. The Kier molecular flexibility index (Phi) is 8.68. The molecule has 0 spiro atoms. The third kappa shape index (κ3) is 7.47. The molecule has 11 nitrogen and oxygen atoms in total. The van der Waals surface area contributed by atoms with Crippen molar-refractivity contribution >= 4 is 35.1 Å². The van der Waals surface area contributed by atoms with E-state index in [1.165, 1.54) is 9.80 Å². The number of hydrogen-bond donors (Lipinski definition) is 2. The van der Waals surface area contributed by atoms with Gasteiger partial charge in [-0.2, -0.15) is 0 Å². The minimum atomic E-state index is -0.948. The maximum absolute atomic E-state index is 16.3. The van der Waals surface area contributed by atoms with Crippen molar-refractivity contribution in [3.05, 3.63) is 41.0 Å². The first kappa shape index (κ1) is 31.0. The molecule has 4 heterocycles. The number of ether oxygens (including phenoxy) is 3. The van der Waals surface area contributed by atoms with Gasteiger partial charge in [-0.1, -0.05) is 6.08 Å². The summed E-state index contributed by atoms with van der Waals surface area (Å²) in [6.45, 7) is 12.9. The van der Waals surface area contributed by atoms with Gasteiger partial charge >= 0.3 is 12.2 Å². The third-order valence-electron chi connectivity index (χ3n) is 6.41. The summed E-state index contributed by atoms with van der Waals surface area (Å²) in [5.74, 6) is -0.139. The van der Waals surface area contributed by atoms with E-state index in [1.807, 2.05) is 0 Å². The Morgan fingerprint density at radius 2 is 1.83 bits per heavy atom. The maximum atomic E-state index is 16.3.